The lowest BCUT2D eigenvalue weighted by molar-refractivity contribution is -0.131. The van der Waals surface area contributed by atoms with Crippen LogP contribution in [0.1, 0.15) is 49.8 Å². The molecule has 5 heteroatoms. The Morgan fingerprint density at radius 3 is 2.14 bits per heavy atom. The van der Waals surface area contributed by atoms with E-state index in [2.05, 4.69) is 10.6 Å². The fourth-order valence-corrected chi connectivity index (χ4v) is 3.74. The second-order valence-corrected chi connectivity index (χ2v) is 7.50. The molecule has 1 aliphatic carbocycles. The molecule has 2 amide bonds. The minimum absolute atomic E-state index is 0.0320. The van der Waals surface area contributed by atoms with Crippen LogP contribution >= 0.6 is 0 Å². The van der Waals surface area contributed by atoms with E-state index < -0.39 is 0 Å². The highest BCUT2D eigenvalue weighted by Crippen LogP contribution is 2.29. The first kappa shape index (κ1) is 20.1. The molecule has 0 saturated heterocycles. The van der Waals surface area contributed by atoms with E-state index >= 15 is 0 Å². The van der Waals surface area contributed by atoms with Crippen molar-refractivity contribution in [2.75, 3.05) is 0 Å². The number of hydrogen-bond acceptors (Lipinski definition) is 2. The first-order valence-corrected chi connectivity index (χ1v) is 9.91. The first-order valence-electron chi connectivity index (χ1n) is 9.91. The Bertz CT molecular complexity index is 801. The van der Waals surface area contributed by atoms with Gasteiger partial charge in [-0.05, 0) is 44.2 Å². The van der Waals surface area contributed by atoms with Gasteiger partial charge in [-0.3, -0.25) is 9.59 Å². The summed E-state index contributed by atoms with van der Waals surface area (Å²) in [4.78, 5) is 24.9. The quantitative estimate of drug-likeness (QED) is 0.789. The van der Waals surface area contributed by atoms with Gasteiger partial charge in [0.15, 0.2) is 0 Å². The van der Waals surface area contributed by atoms with Crippen LogP contribution in [0.3, 0.4) is 0 Å². The van der Waals surface area contributed by atoms with Crippen LogP contribution in [0, 0.1) is 17.7 Å². The van der Waals surface area contributed by atoms with E-state index in [1.807, 2.05) is 37.3 Å². The van der Waals surface area contributed by atoms with Gasteiger partial charge in [-0.2, -0.15) is 0 Å². The van der Waals surface area contributed by atoms with Crippen molar-refractivity contribution in [3.8, 4) is 0 Å². The summed E-state index contributed by atoms with van der Waals surface area (Å²) < 4.78 is 13.7. The van der Waals surface area contributed by atoms with Gasteiger partial charge in [-0.1, -0.05) is 48.5 Å². The van der Waals surface area contributed by atoms with E-state index in [-0.39, 0.29) is 42.1 Å². The van der Waals surface area contributed by atoms with E-state index in [4.69, 9.17) is 0 Å². The van der Waals surface area contributed by atoms with Crippen molar-refractivity contribution in [2.45, 2.75) is 45.2 Å². The normalized spacial score (nSPS) is 20.2. The molecule has 1 aliphatic rings. The number of rotatable bonds is 6. The molecule has 0 aliphatic heterocycles. The third kappa shape index (κ3) is 5.18. The number of hydrogen-bond donors (Lipinski definition) is 2. The highest BCUT2D eigenvalue weighted by molar-refractivity contribution is 5.81. The van der Waals surface area contributed by atoms with Gasteiger partial charge in [-0.25, -0.2) is 4.39 Å². The first-order chi connectivity index (χ1) is 13.5. The highest BCUT2D eigenvalue weighted by atomic mass is 19.1. The van der Waals surface area contributed by atoms with E-state index in [1.165, 1.54) is 6.07 Å². The van der Waals surface area contributed by atoms with E-state index in [0.717, 1.165) is 5.56 Å². The average molecular weight is 382 g/mol. The van der Waals surface area contributed by atoms with Crippen LogP contribution in [-0.2, 0) is 16.1 Å². The van der Waals surface area contributed by atoms with Crippen LogP contribution in [0.15, 0.2) is 54.6 Å². The summed E-state index contributed by atoms with van der Waals surface area (Å²) >= 11 is 0. The molecule has 2 N–H and O–H groups in total. The van der Waals surface area contributed by atoms with E-state index in [9.17, 15) is 14.0 Å². The third-order valence-corrected chi connectivity index (χ3v) is 5.54. The average Bonchev–Trinajstić information content (AvgIpc) is 2.73. The number of carbonyl (C=O) groups excluding carboxylic acids is 2. The van der Waals surface area contributed by atoms with Crippen molar-refractivity contribution in [2.24, 2.45) is 11.8 Å². The van der Waals surface area contributed by atoms with Gasteiger partial charge >= 0.3 is 0 Å². The Balaban J connectivity index is 1.44. The zero-order valence-corrected chi connectivity index (χ0v) is 16.2. The second kappa shape index (κ2) is 9.49. The molecular weight excluding hydrogens is 355 g/mol. The Hall–Kier alpha value is -2.69. The van der Waals surface area contributed by atoms with Crippen molar-refractivity contribution < 1.29 is 14.0 Å². The maximum absolute atomic E-state index is 13.7. The van der Waals surface area contributed by atoms with Crippen molar-refractivity contribution in [1.82, 2.24) is 10.6 Å². The summed E-state index contributed by atoms with van der Waals surface area (Å²) in [6.07, 6.45) is 2.76. The predicted octanol–water partition coefficient (Wildman–Crippen LogP) is 4.13. The molecule has 2 aromatic rings. The SMILES string of the molecule is CC(NC(=O)C1CCC(C(=O)NCc2ccccc2F)CC1)c1ccccc1. The van der Waals surface area contributed by atoms with Gasteiger partial charge < -0.3 is 10.6 Å². The molecule has 0 heterocycles. The summed E-state index contributed by atoms with van der Waals surface area (Å²) in [6, 6.07) is 16.3. The molecule has 4 nitrogen and oxygen atoms in total. The van der Waals surface area contributed by atoms with Gasteiger partial charge in [0.05, 0.1) is 6.04 Å². The molecule has 148 valence electrons. The summed E-state index contributed by atoms with van der Waals surface area (Å²) in [5.41, 5.74) is 1.57. The summed E-state index contributed by atoms with van der Waals surface area (Å²) in [7, 11) is 0. The Morgan fingerprint density at radius 2 is 1.50 bits per heavy atom. The molecule has 1 atom stereocenters. The molecule has 2 aromatic carbocycles. The van der Waals surface area contributed by atoms with Crippen LogP contribution in [0.4, 0.5) is 4.39 Å². The number of nitrogens with one attached hydrogen (secondary N) is 2. The number of halogens is 1. The fourth-order valence-electron chi connectivity index (χ4n) is 3.74. The minimum Gasteiger partial charge on any atom is -0.352 e. The molecule has 0 bridgehead atoms. The van der Waals surface area contributed by atoms with Crippen LogP contribution in [0.5, 0.6) is 0 Å². The van der Waals surface area contributed by atoms with Gasteiger partial charge in [0.25, 0.3) is 0 Å². The zero-order chi connectivity index (χ0) is 19.9. The molecule has 28 heavy (non-hydrogen) atoms. The Labute approximate surface area is 165 Å². The monoisotopic (exact) mass is 382 g/mol. The highest BCUT2D eigenvalue weighted by Gasteiger charge is 2.30. The second-order valence-electron chi connectivity index (χ2n) is 7.50. The summed E-state index contributed by atoms with van der Waals surface area (Å²) in [5, 5.41) is 5.91. The van der Waals surface area contributed by atoms with Gasteiger partial charge in [0.2, 0.25) is 11.8 Å². The Morgan fingerprint density at radius 1 is 0.929 bits per heavy atom. The number of carbonyl (C=O) groups is 2. The van der Waals surface area contributed by atoms with Crippen molar-refractivity contribution in [1.29, 1.82) is 0 Å². The van der Waals surface area contributed by atoms with Crippen LogP contribution in [0.25, 0.3) is 0 Å². The smallest absolute Gasteiger partial charge is 0.223 e. The maximum Gasteiger partial charge on any atom is 0.223 e. The van der Waals surface area contributed by atoms with Gasteiger partial charge in [-0.15, -0.1) is 0 Å². The van der Waals surface area contributed by atoms with Crippen LogP contribution < -0.4 is 10.6 Å². The molecule has 3 rings (SSSR count). The van der Waals surface area contributed by atoms with Crippen molar-refractivity contribution >= 4 is 11.8 Å². The minimum atomic E-state index is -0.310. The van der Waals surface area contributed by atoms with Gasteiger partial charge in [0, 0.05) is 23.9 Å². The molecule has 1 fully saturated rings. The number of amides is 2. The fraction of sp³-hybridized carbons (Fsp3) is 0.391. The van der Waals surface area contributed by atoms with Crippen LogP contribution in [-0.4, -0.2) is 11.8 Å². The zero-order valence-electron chi connectivity index (χ0n) is 16.2. The lowest BCUT2D eigenvalue weighted by Gasteiger charge is -2.28. The molecule has 0 aromatic heterocycles. The number of benzene rings is 2. The van der Waals surface area contributed by atoms with Crippen molar-refractivity contribution in [3.05, 3.63) is 71.5 Å². The lowest BCUT2D eigenvalue weighted by Crippen LogP contribution is -2.38. The predicted molar refractivity (Wildman–Crippen MR) is 107 cm³/mol. The van der Waals surface area contributed by atoms with Crippen molar-refractivity contribution in [3.63, 3.8) is 0 Å². The standard InChI is InChI=1S/C23H27FN2O2/c1-16(17-7-3-2-4-8-17)26-23(28)19-13-11-18(12-14-19)22(27)25-15-20-9-5-6-10-21(20)24/h2-10,16,18-19H,11-15H2,1H3,(H,25,27)(H,26,28). The Kier molecular flexibility index (Phi) is 6.80. The molecule has 0 spiro atoms. The largest absolute Gasteiger partial charge is 0.352 e. The summed E-state index contributed by atoms with van der Waals surface area (Å²) in [5.74, 6) is -0.471. The van der Waals surface area contributed by atoms with Crippen LogP contribution in [0.2, 0.25) is 0 Å². The van der Waals surface area contributed by atoms with Gasteiger partial charge in [0.1, 0.15) is 5.82 Å². The lowest BCUT2D eigenvalue weighted by atomic mass is 9.81. The maximum atomic E-state index is 13.7. The van der Waals surface area contributed by atoms with E-state index in [1.54, 1.807) is 18.2 Å². The van der Waals surface area contributed by atoms with E-state index in [0.29, 0.717) is 31.2 Å². The molecule has 1 unspecified atom stereocenters. The third-order valence-electron chi connectivity index (χ3n) is 5.54. The topological polar surface area (TPSA) is 58.2 Å². The molecule has 0 radical (unpaired) electrons. The molecule has 1 saturated carbocycles. The summed E-state index contributed by atoms with van der Waals surface area (Å²) in [6.45, 7) is 2.18. The molecular formula is C23H27FN2O2.